The highest BCUT2D eigenvalue weighted by molar-refractivity contribution is 5.47. The lowest BCUT2D eigenvalue weighted by atomic mass is 10.1. The lowest BCUT2D eigenvalue weighted by molar-refractivity contribution is 0.172. The van der Waals surface area contributed by atoms with E-state index in [9.17, 15) is 0 Å². The average Bonchev–Trinajstić information content (AvgIpc) is 2.24. The van der Waals surface area contributed by atoms with E-state index in [4.69, 9.17) is 9.47 Å². The predicted octanol–water partition coefficient (Wildman–Crippen LogP) is 2.22. The Kier molecular flexibility index (Phi) is 3.34. The van der Waals surface area contributed by atoms with Gasteiger partial charge in [0.05, 0.1) is 14.2 Å². The Morgan fingerprint density at radius 3 is 2.25 bits per heavy atom. The van der Waals surface area contributed by atoms with Crippen molar-refractivity contribution >= 4 is 0 Å². The third-order valence-corrected chi connectivity index (χ3v) is 3.18. The fraction of sp³-hybridized carbons (Fsp3) is 0.538. The predicted molar refractivity (Wildman–Crippen MR) is 64.2 cm³/mol. The van der Waals surface area contributed by atoms with Gasteiger partial charge in [0, 0.05) is 6.54 Å². The van der Waals surface area contributed by atoms with Gasteiger partial charge >= 0.3 is 0 Å². The van der Waals surface area contributed by atoms with Gasteiger partial charge in [-0.25, -0.2) is 0 Å². The van der Waals surface area contributed by atoms with Crippen molar-refractivity contribution in [2.45, 2.75) is 19.9 Å². The summed E-state index contributed by atoms with van der Waals surface area (Å²) in [4.78, 5) is 2.44. The molecule has 0 aliphatic carbocycles. The zero-order valence-electron chi connectivity index (χ0n) is 10.2. The normalized spacial score (nSPS) is 15.7. The number of likely N-dealkylation sites (tertiary alicyclic amines) is 1. The number of nitrogens with zero attached hydrogens (tertiary/aromatic N) is 1. The Balaban J connectivity index is 2.22. The number of hydrogen-bond donors (Lipinski definition) is 0. The fourth-order valence-electron chi connectivity index (χ4n) is 1.97. The molecule has 1 aliphatic rings. The van der Waals surface area contributed by atoms with E-state index in [0.717, 1.165) is 18.0 Å². The van der Waals surface area contributed by atoms with Crippen LogP contribution in [-0.4, -0.2) is 32.2 Å². The van der Waals surface area contributed by atoms with Crippen molar-refractivity contribution in [2.24, 2.45) is 0 Å². The molecule has 0 radical (unpaired) electrons. The molecule has 2 rings (SSSR count). The minimum absolute atomic E-state index is 0.812. The van der Waals surface area contributed by atoms with Gasteiger partial charge in [0.2, 0.25) is 0 Å². The second kappa shape index (κ2) is 4.74. The van der Waals surface area contributed by atoms with E-state index in [1.807, 2.05) is 6.07 Å². The fourth-order valence-corrected chi connectivity index (χ4v) is 1.97. The SMILES string of the molecule is COc1cc(C)c(CN2CCC2)cc1OC. The van der Waals surface area contributed by atoms with Gasteiger partial charge < -0.3 is 9.47 Å². The molecule has 0 atom stereocenters. The minimum Gasteiger partial charge on any atom is -0.493 e. The van der Waals surface area contributed by atoms with Crippen LogP contribution >= 0.6 is 0 Å². The van der Waals surface area contributed by atoms with Gasteiger partial charge in [0.25, 0.3) is 0 Å². The van der Waals surface area contributed by atoms with Gasteiger partial charge in [-0.1, -0.05) is 0 Å². The number of rotatable bonds is 4. The van der Waals surface area contributed by atoms with E-state index in [2.05, 4.69) is 17.9 Å². The Morgan fingerprint density at radius 2 is 1.75 bits per heavy atom. The van der Waals surface area contributed by atoms with Crippen LogP contribution in [0.1, 0.15) is 17.5 Å². The average molecular weight is 221 g/mol. The number of aryl methyl sites for hydroxylation is 1. The molecule has 0 aromatic heterocycles. The van der Waals surface area contributed by atoms with Gasteiger partial charge in [-0.3, -0.25) is 4.90 Å². The van der Waals surface area contributed by atoms with Crippen LogP contribution in [0.3, 0.4) is 0 Å². The molecule has 0 bridgehead atoms. The highest BCUT2D eigenvalue weighted by atomic mass is 16.5. The van der Waals surface area contributed by atoms with Crippen molar-refractivity contribution in [3.8, 4) is 11.5 Å². The molecule has 0 N–H and O–H groups in total. The van der Waals surface area contributed by atoms with Gasteiger partial charge in [0.1, 0.15) is 0 Å². The van der Waals surface area contributed by atoms with Crippen molar-refractivity contribution in [3.63, 3.8) is 0 Å². The van der Waals surface area contributed by atoms with Gasteiger partial charge in [0.15, 0.2) is 11.5 Å². The van der Waals surface area contributed by atoms with E-state index < -0.39 is 0 Å². The first-order chi connectivity index (χ1) is 7.74. The summed E-state index contributed by atoms with van der Waals surface area (Å²) in [5, 5.41) is 0. The summed E-state index contributed by atoms with van der Waals surface area (Å²) in [6, 6.07) is 4.14. The smallest absolute Gasteiger partial charge is 0.161 e. The largest absolute Gasteiger partial charge is 0.493 e. The van der Waals surface area contributed by atoms with Crippen LogP contribution in [0.2, 0.25) is 0 Å². The number of methoxy groups -OCH3 is 2. The van der Waals surface area contributed by atoms with Crippen molar-refractivity contribution in [1.29, 1.82) is 0 Å². The van der Waals surface area contributed by atoms with Crippen LogP contribution in [0.15, 0.2) is 12.1 Å². The molecule has 1 aromatic rings. The van der Waals surface area contributed by atoms with Crippen molar-refractivity contribution < 1.29 is 9.47 Å². The summed E-state index contributed by atoms with van der Waals surface area (Å²) in [5.41, 5.74) is 2.60. The zero-order chi connectivity index (χ0) is 11.5. The maximum atomic E-state index is 5.32. The maximum Gasteiger partial charge on any atom is 0.161 e. The van der Waals surface area contributed by atoms with E-state index in [1.54, 1.807) is 14.2 Å². The molecule has 1 fully saturated rings. The van der Waals surface area contributed by atoms with Crippen LogP contribution in [0.5, 0.6) is 11.5 Å². The molecule has 1 aliphatic heterocycles. The summed E-state index contributed by atoms with van der Waals surface area (Å²) >= 11 is 0. The molecule has 16 heavy (non-hydrogen) atoms. The zero-order valence-corrected chi connectivity index (χ0v) is 10.2. The molecule has 1 aromatic carbocycles. The maximum absolute atomic E-state index is 5.32. The molecular weight excluding hydrogens is 202 g/mol. The number of hydrogen-bond acceptors (Lipinski definition) is 3. The first-order valence-corrected chi connectivity index (χ1v) is 5.68. The van der Waals surface area contributed by atoms with E-state index >= 15 is 0 Å². The molecule has 1 heterocycles. The third-order valence-electron chi connectivity index (χ3n) is 3.18. The molecule has 1 saturated heterocycles. The molecule has 0 amide bonds. The van der Waals surface area contributed by atoms with Gasteiger partial charge in [-0.15, -0.1) is 0 Å². The summed E-state index contributed by atoms with van der Waals surface area (Å²) in [5.74, 6) is 1.64. The van der Waals surface area contributed by atoms with Crippen LogP contribution in [0.25, 0.3) is 0 Å². The lowest BCUT2D eigenvalue weighted by Crippen LogP contribution is -2.36. The third kappa shape index (κ3) is 2.14. The molecule has 0 spiro atoms. The number of ether oxygens (including phenoxy) is 2. The van der Waals surface area contributed by atoms with Crippen molar-refractivity contribution in [1.82, 2.24) is 4.90 Å². The number of benzene rings is 1. The second-order valence-corrected chi connectivity index (χ2v) is 4.26. The Bertz CT molecular complexity index is 372. The van der Waals surface area contributed by atoms with E-state index in [1.165, 1.54) is 30.6 Å². The van der Waals surface area contributed by atoms with E-state index in [-0.39, 0.29) is 0 Å². The molecule has 88 valence electrons. The summed E-state index contributed by atoms with van der Waals surface area (Å²) in [6.07, 6.45) is 1.33. The summed E-state index contributed by atoms with van der Waals surface area (Å²) in [6.45, 7) is 5.57. The lowest BCUT2D eigenvalue weighted by Gasteiger charge is -2.31. The highest BCUT2D eigenvalue weighted by Gasteiger charge is 2.16. The van der Waals surface area contributed by atoms with E-state index in [0.29, 0.717) is 0 Å². The minimum atomic E-state index is 0.812. The summed E-state index contributed by atoms with van der Waals surface area (Å²) < 4.78 is 10.6. The van der Waals surface area contributed by atoms with Gasteiger partial charge in [-0.05, 0) is 49.7 Å². The molecule has 0 unspecified atom stereocenters. The quantitative estimate of drug-likeness (QED) is 0.778. The Morgan fingerprint density at radius 1 is 1.12 bits per heavy atom. The molecular formula is C13H19NO2. The topological polar surface area (TPSA) is 21.7 Å². The second-order valence-electron chi connectivity index (χ2n) is 4.26. The van der Waals surface area contributed by atoms with Crippen LogP contribution in [0, 0.1) is 6.92 Å². The van der Waals surface area contributed by atoms with Gasteiger partial charge in [-0.2, -0.15) is 0 Å². The standard InChI is InChI=1S/C13H19NO2/c1-10-7-12(15-2)13(16-3)8-11(10)9-14-5-4-6-14/h7-8H,4-6,9H2,1-3H3. The van der Waals surface area contributed by atoms with Crippen molar-refractivity contribution in [3.05, 3.63) is 23.3 Å². The Hall–Kier alpha value is -1.22. The summed E-state index contributed by atoms with van der Waals surface area (Å²) in [7, 11) is 3.35. The Labute approximate surface area is 97.0 Å². The molecule has 3 nitrogen and oxygen atoms in total. The van der Waals surface area contributed by atoms with Crippen LogP contribution < -0.4 is 9.47 Å². The first-order valence-electron chi connectivity index (χ1n) is 5.68. The molecule has 3 heteroatoms. The molecule has 0 saturated carbocycles. The monoisotopic (exact) mass is 221 g/mol. The first kappa shape index (κ1) is 11.3. The van der Waals surface area contributed by atoms with Crippen LogP contribution in [0.4, 0.5) is 0 Å². The van der Waals surface area contributed by atoms with Crippen LogP contribution in [-0.2, 0) is 6.54 Å². The van der Waals surface area contributed by atoms with Crippen molar-refractivity contribution in [2.75, 3.05) is 27.3 Å². The highest BCUT2D eigenvalue weighted by Crippen LogP contribution is 2.31.